The van der Waals surface area contributed by atoms with Gasteiger partial charge in [0.05, 0.1) is 22.8 Å². The minimum atomic E-state index is -4.19. The number of hydrogen-bond acceptors (Lipinski definition) is 7. The highest BCUT2D eigenvalue weighted by molar-refractivity contribution is 7.95. The van der Waals surface area contributed by atoms with Crippen molar-refractivity contribution in [2.75, 3.05) is 7.11 Å². The van der Waals surface area contributed by atoms with Crippen molar-refractivity contribution in [3.05, 3.63) is 107 Å². The predicted octanol–water partition coefficient (Wildman–Crippen LogP) is 3.27. The van der Waals surface area contributed by atoms with Crippen LogP contribution in [0.25, 0.3) is 0 Å². The zero-order valence-corrected chi connectivity index (χ0v) is 19.3. The Morgan fingerprint density at radius 3 is 1.76 bits per heavy atom. The molecule has 9 heteroatoms. The Bertz CT molecular complexity index is 1420. The van der Waals surface area contributed by atoms with E-state index in [-0.39, 0.29) is 26.4 Å². The van der Waals surface area contributed by atoms with Gasteiger partial charge in [0.1, 0.15) is 10.7 Å². The summed E-state index contributed by atoms with van der Waals surface area (Å²) in [7, 11) is -7.03. The summed E-state index contributed by atoms with van der Waals surface area (Å²) in [5.41, 5.74) is 6.64. The summed E-state index contributed by atoms with van der Waals surface area (Å²) in [6, 6.07) is 24.1. The number of allylic oxidation sites excluding steroid dienone is 1. The van der Waals surface area contributed by atoms with Gasteiger partial charge in [0.2, 0.25) is 15.7 Å². The lowest BCUT2D eigenvalue weighted by molar-refractivity contribution is 0.383. The van der Waals surface area contributed by atoms with Crippen LogP contribution < -0.4 is 5.73 Å². The molecule has 0 spiro atoms. The minimum Gasteiger partial charge on any atom is -0.483 e. The standard InChI is InChI=1S/C24H22N2O5S2/c1-31-24-22(33(29,30)19-15-9-4-10-16-19)20(17-11-5-2-6-12-17)21(23(25)26-24)32(27,28)18-13-7-3-8-14-18/h2-16,20,22H,25H2,1H3/t20-,22-/m1/s1. The van der Waals surface area contributed by atoms with Gasteiger partial charge in [-0.25, -0.2) is 16.8 Å². The average molecular weight is 483 g/mol. The van der Waals surface area contributed by atoms with Crippen LogP contribution in [-0.2, 0) is 24.4 Å². The summed E-state index contributed by atoms with van der Waals surface area (Å²) in [5.74, 6) is -1.64. The van der Waals surface area contributed by atoms with Crippen molar-refractivity contribution in [2.45, 2.75) is 21.0 Å². The Morgan fingerprint density at radius 1 is 0.758 bits per heavy atom. The molecule has 33 heavy (non-hydrogen) atoms. The molecule has 7 nitrogen and oxygen atoms in total. The lowest BCUT2D eigenvalue weighted by Crippen LogP contribution is -2.43. The van der Waals surface area contributed by atoms with Crippen molar-refractivity contribution in [2.24, 2.45) is 10.7 Å². The van der Waals surface area contributed by atoms with Crippen LogP contribution in [0, 0.1) is 0 Å². The minimum absolute atomic E-state index is 0.00388. The molecule has 1 heterocycles. The number of nitrogens with zero attached hydrogens (tertiary/aromatic N) is 1. The highest BCUT2D eigenvalue weighted by atomic mass is 32.2. The molecule has 3 aromatic rings. The van der Waals surface area contributed by atoms with Crippen LogP contribution in [0.3, 0.4) is 0 Å². The van der Waals surface area contributed by atoms with Gasteiger partial charge >= 0.3 is 0 Å². The molecule has 0 bridgehead atoms. The smallest absolute Gasteiger partial charge is 0.209 e. The first-order valence-electron chi connectivity index (χ1n) is 10.0. The van der Waals surface area contributed by atoms with Crippen molar-refractivity contribution >= 4 is 25.6 Å². The molecule has 0 aromatic heterocycles. The van der Waals surface area contributed by atoms with Gasteiger partial charge in [0.25, 0.3) is 0 Å². The number of aliphatic imine (C=N–C) groups is 1. The third-order valence-corrected chi connectivity index (χ3v) is 9.44. The maximum atomic E-state index is 13.8. The van der Waals surface area contributed by atoms with E-state index in [2.05, 4.69) is 4.99 Å². The van der Waals surface area contributed by atoms with Gasteiger partial charge in [0.15, 0.2) is 15.1 Å². The first-order chi connectivity index (χ1) is 15.8. The molecule has 0 fully saturated rings. The highest BCUT2D eigenvalue weighted by Gasteiger charge is 2.49. The van der Waals surface area contributed by atoms with E-state index in [0.29, 0.717) is 5.56 Å². The number of benzene rings is 3. The molecule has 3 aromatic carbocycles. The maximum absolute atomic E-state index is 13.8. The molecule has 0 unspecified atom stereocenters. The summed E-state index contributed by atoms with van der Waals surface area (Å²) in [5, 5.41) is -1.44. The van der Waals surface area contributed by atoms with E-state index in [1.807, 2.05) is 0 Å². The zero-order valence-electron chi connectivity index (χ0n) is 17.7. The van der Waals surface area contributed by atoms with Gasteiger partial charge in [-0.15, -0.1) is 0 Å². The number of nitrogens with two attached hydrogens (primary N) is 1. The third kappa shape index (κ3) is 4.05. The van der Waals surface area contributed by atoms with Crippen LogP contribution in [-0.4, -0.2) is 35.1 Å². The lowest BCUT2D eigenvalue weighted by Gasteiger charge is -2.33. The molecule has 0 radical (unpaired) electrons. The second kappa shape index (κ2) is 8.84. The van der Waals surface area contributed by atoms with Crippen LogP contribution in [0.15, 0.2) is 117 Å². The Hall–Kier alpha value is -3.43. The molecular weight excluding hydrogens is 460 g/mol. The summed E-state index contributed by atoms with van der Waals surface area (Å²) >= 11 is 0. The quantitative estimate of drug-likeness (QED) is 0.597. The fourth-order valence-electron chi connectivity index (χ4n) is 3.93. The van der Waals surface area contributed by atoms with Crippen LogP contribution in [0.4, 0.5) is 0 Å². The van der Waals surface area contributed by atoms with Gasteiger partial charge in [-0.05, 0) is 29.8 Å². The molecule has 0 amide bonds. The van der Waals surface area contributed by atoms with Crippen LogP contribution >= 0.6 is 0 Å². The Kier molecular flexibility index (Phi) is 6.09. The van der Waals surface area contributed by atoms with E-state index in [1.165, 1.54) is 31.4 Å². The predicted molar refractivity (Wildman–Crippen MR) is 126 cm³/mol. The fourth-order valence-corrected chi connectivity index (χ4v) is 7.60. The second-order valence-electron chi connectivity index (χ2n) is 7.39. The molecule has 0 saturated carbocycles. The normalized spacial score (nSPS) is 19.1. The van der Waals surface area contributed by atoms with Gasteiger partial charge in [-0.1, -0.05) is 66.7 Å². The fraction of sp³-hybridized carbons (Fsp3) is 0.125. The van der Waals surface area contributed by atoms with Crippen molar-refractivity contribution in [1.29, 1.82) is 0 Å². The van der Waals surface area contributed by atoms with Crippen molar-refractivity contribution < 1.29 is 21.6 Å². The Labute approximate surface area is 193 Å². The monoisotopic (exact) mass is 482 g/mol. The second-order valence-corrected chi connectivity index (χ2v) is 11.4. The highest BCUT2D eigenvalue weighted by Crippen LogP contribution is 2.43. The Balaban J connectivity index is 2.03. The Morgan fingerprint density at radius 2 is 1.24 bits per heavy atom. The molecule has 0 aliphatic carbocycles. The number of ether oxygens (including phenoxy) is 1. The van der Waals surface area contributed by atoms with Gasteiger partial charge in [-0.2, -0.15) is 4.99 Å². The summed E-state index contributed by atoms with van der Waals surface area (Å²) < 4.78 is 60.5. The molecule has 0 saturated heterocycles. The topological polar surface area (TPSA) is 116 Å². The third-order valence-electron chi connectivity index (χ3n) is 5.43. The summed E-state index contributed by atoms with van der Waals surface area (Å²) in [6.45, 7) is 0. The first-order valence-corrected chi connectivity index (χ1v) is 13.1. The van der Waals surface area contributed by atoms with Crippen molar-refractivity contribution in [1.82, 2.24) is 0 Å². The van der Waals surface area contributed by atoms with Crippen molar-refractivity contribution in [3.63, 3.8) is 0 Å². The van der Waals surface area contributed by atoms with Gasteiger partial charge < -0.3 is 10.5 Å². The SMILES string of the molecule is COC1=NC(N)=C(S(=O)(=O)c2ccccc2)[C@@H](c2ccccc2)[C@H]1S(=O)(=O)c1ccccc1. The van der Waals surface area contributed by atoms with Gasteiger partial charge in [0, 0.05) is 0 Å². The number of sulfone groups is 2. The summed E-state index contributed by atoms with van der Waals surface area (Å²) in [4.78, 5) is 3.87. The molecule has 1 aliphatic heterocycles. The van der Waals surface area contributed by atoms with E-state index < -0.39 is 30.8 Å². The molecule has 2 N–H and O–H groups in total. The van der Waals surface area contributed by atoms with Crippen LogP contribution in [0.5, 0.6) is 0 Å². The first kappa shape index (κ1) is 22.8. The van der Waals surface area contributed by atoms with E-state index >= 15 is 0 Å². The summed E-state index contributed by atoms with van der Waals surface area (Å²) in [6.07, 6.45) is 0. The molecule has 4 rings (SSSR count). The number of methoxy groups -OCH3 is 1. The molecule has 2 atom stereocenters. The van der Waals surface area contributed by atoms with E-state index in [4.69, 9.17) is 10.5 Å². The molecule has 170 valence electrons. The molecular formula is C24H22N2O5S2. The average Bonchev–Trinajstić information content (AvgIpc) is 2.84. The maximum Gasteiger partial charge on any atom is 0.209 e. The number of hydrogen-bond donors (Lipinski definition) is 1. The van der Waals surface area contributed by atoms with Crippen molar-refractivity contribution in [3.8, 4) is 0 Å². The van der Waals surface area contributed by atoms with E-state index in [9.17, 15) is 16.8 Å². The van der Waals surface area contributed by atoms with Crippen LogP contribution in [0.2, 0.25) is 0 Å². The van der Waals surface area contributed by atoms with Crippen LogP contribution in [0.1, 0.15) is 11.5 Å². The van der Waals surface area contributed by atoms with Gasteiger partial charge in [-0.3, -0.25) is 0 Å². The molecule has 1 aliphatic rings. The largest absolute Gasteiger partial charge is 0.483 e. The van der Waals surface area contributed by atoms with E-state index in [0.717, 1.165) is 0 Å². The lowest BCUT2D eigenvalue weighted by atomic mass is 9.93. The number of rotatable bonds is 5. The van der Waals surface area contributed by atoms with E-state index in [1.54, 1.807) is 66.7 Å². The zero-order chi connectivity index (χ0) is 23.6.